The molecule has 0 bridgehead atoms. The van der Waals surface area contributed by atoms with Gasteiger partial charge in [0.1, 0.15) is 12.4 Å². The molecule has 0 aliphatic heterocycles. The number of hydrogen-bond donors (Lipinski definition) is 1. The van der Waals surface area contributed by atoms with E-state index >= 15 is 0 Å². The molecule has 3 heterocycles. The van der Waals surface area contributed by atoms with Gasteiger partial charge in [-0.05, 0) is 41.3 Å². The summed E-state index contributed by atoms with van der Waals surface area (Å²) in [7, 11) is 0. The van der Waals surface area contributed by atoms with Gasteiger partial charge in [0, 0.05) is 11.1 Å². The van der Waals surface area contributed by atoms with Crippen LogP contribution in [0.3, 0.4) is 0 Å². The molecule has 1 N–H and O–H groups in total. The van der Waals surface area contributed by atoms with Crippen LogP contribution in [0.5, 0.6) is 5.75 Å². The molecule has 3 nitrogen and oxygen atoms in total. The third-order valence-electron chi connectivity index (χ3n) is 5.64. The van der Waals surface area contributed by atoms with Crippen molar-refractivity contribution in [2.75, 3.05) is 0 Å². The summed E-state index contributed by atoms with van der Waals surface area (Å²) in [6.45, 7) is 2.71. The quantitative estimate of drug-likeness (QED) is 0.401. The van der Waals surface area contributed by atoms with Crippen LogP contribution in [0, 0.1) is 0 Å². The van der Waals surface area contributed by atoms with Crippen LogP contribution in [0.25, 0.3) is 27.7 Å². The third kappa shape index (κ3) is 2.86. The fourth-order valence-electron chi connectivity index (χ4n) is 4.34. The van der Waals surface area contributed by atoms with Crippen LogP contribution >= 0.6 is 0 Å². The van der Waals surface area contributed by atoms with Crippen molar-refractivity contribution in [1.82, 2.24) is 4.40 Å². The van der Waals surface area contributed by atoms with Gasteiger partial charge in [-0.25, -0.2) is 0 Å². The largest absolute Gasteiger partial charge is 0.487 e. The first kappa shape index (κ1) is 17.8. The summed E-state index contributed by atoms with van der Waals surface area (Å²) in [6.07, 6.45) is 0.927. The SMILES string of the molecule is CCc1c(-c2ccccc2)c2c(CO)cc3c(OCc4ccccc4)ccc1n32. The number of pyridine rings is 1. The minimum absolute atomic E-state index is 0.00189. The van der Waals surface area contributed by atoms with Crippen molar-refractivity contribution in [1.29, 1.82) is 0 Å². The molecular formula is C26H23NO2. The molecule has 0 saturated heterocycles. The van der Waals surface area contributed by atoms with E-state index in [9.17, 15) is 5.11 Å². The van der Waals surface area contributed by atoms with Gasteiger partial charge in [-0.15, -0.1) is 0 Å². The standard InChI is InChI=1S/C26H23NO2/c1-2-21-22-13-14-24(29-17-18-9-5-3-6-10-18)23-15-20(16-28)26(27(22)23)25(21)19-11-7-4-8-12-19/h3-15,28H,2,16-17H2,1H3. The summed E-state index contributed by atoms with van der Waals surface area (Å²) in [5.41, 5.74) is 9.05. The topological polar surface area (TPSA) is 33.9 Å². The first-order valence-corrected chi connectivity index (χ1v) is 10.1. The fraction of sp³-hybridized carbons (Fsp3) is 0.154. The second-order valence-electron chi connectivity index (χ2n) is 7.33. The number of ether oxygens (including phenoxy) is 1. The number of aliphatic hydroxyl groups is 1. The van der Waals surface area contributed by atoms with E-state index in [4.69, 9.17) is 4.74 Å². The zero-order valence-electron chi connectivity index (χ0n) is 16.4. The number of nitrogens with zero attached hydrogens (tertiary/aromatic N) is 1. The Labute approximate surface area is 170 Å². The predicted molar refractivity (Wildman–Crippen MR) is 118 cm³/mol. The molecule has 0 amide bonds. The molecule has 0 atom stereocenters. The van der Waals surface area contributed by atoms with E-state index < -0.39 is 0 Å². The number of aryl methyl sites for hydroxylation is 1. The number of aliphatic hydroxyl groups excluding tert-OH is 1. The molecule has 144 valence electrons. The van der Waals surface area contributed by atoms with E-state index in [0.717, 1.165) is 34.3 Å². The maximum absolute atomic E-state index is 10.1. The molecule has 0 spiro atoms. The molecule has 0 radical (unpaired) electrons. The zero-order chi connectivity index (χ0) is 19.8. The average molecular weight is 381 g/mol. The summed E-state index contributed by atoms with van der Waals surface area (Å²) in [6, 6.07) is 26.9. The molecule has 2 aromatic carbocycles. The molecule has 0 fully saturated rings. The molecule has 0 saturated carbocycles. The van der Waals surface area contributed by atoms with Gasteiger partial charge in [0.25, 0.3) is 0 Å². The van der Waals surface area contributed by atoms with Crippen molar-refractivity contribution in [3.05, 3.63) is 95.6 Å². The van der Waals surface area contributed by atoms with E-state index in [-0.39, 0.29) is 6.61 Å². The Morgan fingerprint density at radius 3 is 2.28 bits per heavy atom. The van der Waals surface area contributed by atoms with Crippen LogP contribution < -0.4 is 4.74 Å². The molecule has 29 heavy (non-hydrogen) atoms. The number of hydrogen-bond acceptors (Lipinski definition) is 2. The lowest BCUT2D eigenvalue weighted by Crippen LogP contribution is -1.97. The number of benzene rings is 2. The van der Waals surface area contributed by atoms with Crippen LogP contribution in [-0.2, 0) is 19.6 Å². The van der Waals surface area contributed by atoms with Gasteiger partial charge in [0.15, 0.2) is 0 Å². The van der Waals surface area contributed by atoms with Crippen molar-refractivity contribution in [2.24, 2.45) is 0 Å². The summed E-state index contributed by atoms with van der Waals surface area (Å²) in [4.78, 5) is 0. The van der Waals surface area contributed by atoms with Gasteiger partial charge in [-0.2, -0.15) is 0 Å². The van der Waals surface area contributed by atoms with Crippen molar-refractivity contribution in [3.8, 4) is 16.9 Å². The fourth-order valence-corrected chi connectivity index (χ4v) is 4.34. The molecule has 0 aliphatic rings. The number of aromatic nitrogens is 1. The van der Waals surface area contributed by atoms with Crippen molar-refractivity contribution >= 4 is 16.6 Å². The van der Waals surface area contributed by atoms with Crippen molar-refractivity contribution < 1.29 is 9.84 Å². The molecule has 5 rings (SSSR count). The Morgan fingerprint density at radius 2 is 1.59 bits per heavy atom. The van der Waals surface area contributed by atoms with E-state index in [0.29, 0.717) is 6.61 Å². The Hall–Kier alpha value is -3.30. The van der Waals surface area contributed by atoms with E-state index in [1.165, 1.54) is 22.2 Å². The Morgan fingerprint density at radius 1 is 0.862 bits per heavy atom. The van der Waals surface area contributed by atoms with E-state index in [1.54, 1.807) is 0 Å². The van der Waals surface area contributed by atoms with Gasteiger partial charge in [-0.1, -0.05) is 67.6 Å². The summed E-state index contributed by atoms with van der Waals surface area (Å²) in [5, 5.41) is 10.1. The average Bonchev–Trinajstić information content (AvgIpc) is 3.33. The minimum atomic E-state index is 0.00189. The second kappa shape index (κ2) is 7.26. The minimum Gasteiger partial charge on any atom is -0.487 e. The van der Waals surface area contributed by atoms with Gasteiger partial charge in [0.2, 0.25) is 0 Å². The first-order valence-electron chi connectivity index (χ1n) is 10.1. The van der Waals surface area contributed by atoms with Crippen LogP contribution in [0.1, 0.15) is 23.6 Å². The molecular weight excluding hydrogens is 358 g/mol. The normalized spacial score (nSPS) is 11.5. The van der Waals surface area contributed by atoms with Gasteiger partial charge >= 0.3 is 0 Å². The Kier molecular flexibility index (Phi) is 4.45. The van der Waals surface area contributed by atoms with Crippen LogP contribution in [0.15, 0.2) is 78.9 Å². The second-order valence-corrected chi connectivity index (χ2v) is 7.33. The highest BCUT2D eigenvalue weighted by Crippen LogP contribution is 2.41. The maximum Gasteiger partial charge on any atom is 0.143 e. The van der Waals surface area contributed by atoms with E-state index in [1.807, 2.05) is 24.3 Å². The zero-order valence-corrected chi connectivity index (χ0v) is 16.4. The maximum atomic E-state index is 10.1. The van der Waals surface area contributed by atoms with Crippen molar-refractivity contribution in [3.63, 3.8) is 0 Å². The lowest BCUT2D eigenvalue weighted by molar-refractivity contribution is 0.283. The predicted octanol–water partition coefficient (Wildman–Crippen LogP) is 5.83. The lowest BCUT2D eigenvalue weighted by atomic mass is 9.98. The van der Waals surface area contributed by atoms with Gasteiger partial charge in [-0.3, -0.25) is 0 Å². The molecule has 3 heteroatoms. The summed E-state index contributed by atoms with van der Waals surface area (Å²) >= 11 is 0. The molecule has 3 aromatic heterocycles. The highest BCUT2D eigenvalue weighted by atomic mass is 16.5. The highest BCUT2D eigenvalue weighted by molar-refractivity contribution is 5.98. The highest BCUT2D eigenvalue weighted by Gasteiger charge is 2.23. The molecule has 0 aliphatic carbocycles. The first-order chi connectivity index (χ1) is 14.3. The van der Waals surface area contributed by atoms with Crippen LogP contribution in [-0.4, -0.2) is 9.51 Å². The summed E-state index contributed by atoms with van der Waals surface area (Å²) in [5.74, 6) is 0.836. The smallest absolute Gasteiger partial charge is 0.143 e. The Balaban J connectivity index is 1.71. The molecule has 0 unspecified atom stereocenters. The Bertz CT molecular complexity index is 1260. The van der Waals surface area contributed by atoms with Crippen molar-refractivity contribution in [2.45, 2.75) is 26.6 Å². The van der Waals surface area contributed by atoms with Gasteiger partial charge < -0.3 is 14.2 Å². The monoisotopic (exact) mass is 381 g/mol. The third-order valence-corrected chi connectivity index (χ3v) is 5.64. The van der Waals surface area contributed by atoms with Crippen LogP contribution in [0.4, 0.5) is 0 Å². The van der Waals surface area contributed by atoms with E-state index in [2.05, 4.69) is 65.9 Å². The number of rotatable bonds is 6. The van der Waals surface area contributed by atoms with Crippen LogP contribution in [0.2, 0.25) is 0 Å². The van der Waals surface area contributed by atoms with Gasteiger partial charge in [0.05, 0.1) is 23.2 Å². The lowest BCUT2D eigenvalue weighted by Gasteiger charge is -2.09. The summed E-state index contributed by atoms with van der Waals surface area (Å²) < 4.78 is 8.45. The molecule has 5 aromatic rings.